The third kappa shape index (κ3) is 4.43. The molecule has 26 heavy (non-hydrogen) atoms. The average molecular weight is 362 g/mol. The van der Waals surface area contributed by atoms with E-state index in [2.05, 4.69) is 10.6 Å². The Kier molecular flexibility index (Phi) is 5.32. The predicted octanol–water partition coefficient (Wildman–Crippen LogP) is 4.12. The summed E-state index contributed by atoms with van der Waals surface area (Å²) in [6, 6.07) is 13.5. The third-order valence-corrected chi connectivity index (χ3v) is 4.60. The van der Waals surface area contributed by atoms with Gasteiger partial charge in [0, 0.05) is 12.6 Å². The lowest BCUT2D eigenvalue weighted by Crippen LogP contribution is -2.40. The summed E-state index contributed by atoms with van der Waals surface area (Å²) >= 11 is 0. The molecule has 0 saturated carbocycles. The Balaban J connectivity index is 1.59. The SMILES string of the molecule is Cc1cc(CNC(=O)[C@H]2CC[C@@H](c3ccccc3)N2)cc(C(F)(F)F)c1. The van der Waals surface area contributed by atoms with Gasteiger partial charge >= 0.3 is 6.18 Å². The summed E-state index contributed by atoms with van der Waals surface area (Å²) in [5.41, 5.74) is 1.41. The highest BCUT2D eigenvalue weighted by atomic mass is 19.4. The van der Waals surface area contributed by atoms with Crippen molar-refractivity contribution < 1.29 is 18.0 Å². The highest BCUT2D eigenvalue weighted by molar-refractivity contribution is 5.82. The van der Waals surface area contributed by atoms with Crippen LogP contribution in [-0.2, 0) is 17.5 Å². The molecule has 0 spiro atoms. The van der Waals surface area contributed by atoms with Crippen LogP contribution in [0.5, 0.6) is 0 Å². The Morgan fingerprint density at radius 2 is 1.88 bits per heavy atom. The Bertz CT molecular complexity index is 774. The smallest absolute Gasteiger partial charge is 0.351 e. The predicted molar refractivity (Wildman–Crippen MR) is 93.4 cm³/mol. The summed E-state index contributed by atoms with van der Waals surface area (Å²) in [5, 5.41) is 6.05. The molecule has 0 radical (unpaired) electrons. The molecule has 6 heteroatoms. The van der Waals surface area contributed by atoms with E-state index in [4.69, 9.17) is 0 Å². The van der Waals surface area contributed by atoms with E-state index in [-0.39, 0.29) is 24.5 Å². The highest BCUT2D eigenvalue weighted by Crippen LogP contribution is 2.30. The molecule has 2 aromatic carbocycles. The summed E-state index contributed by atoms with van der Waals surface area (Å²) in [4.78, 5) is 12.4. The molecule has 0 aliphatic carbocycles. The number of aryl methyl sites for hydroxylation is 1. The highest BCUT2D eigenvalue weighted by Gasteiger charge is 2.31. The molecule has 1 fully saturated rings. The molecule has 2 N–H and O–H groups in total. The Morgan fingerprint density at radius 3 is 2.58 bits per heavy atom. The zero-order valence-corrected chi connectivity index (χ0v) is 14.4. The molecule has 0 aromatic heterocycles. The van der Waals surface area contributed by atoms with E-state index >= 15 is 0 Å². The van der Waals surface area contributed by atoms with Crippen molar-refractivity contribution in [3.63, 3.8) is 0 Å². The van der Waals surface area contributed by atoms with Crippen molar-refractivity contribution >= 4 is 5.91 Å². The van der Waals surface area contributed by atoms with Gasteiger partial charge in [-0.3, -0.25) is 10.1 Å². The third-order valence-electron chi connectivity index (χ3n) is 4.60. The number of halogens is 3. The van der Waals surface area contributed by atoms with E-state index < -0.39 is 11.7 Å². The molecular weight excluding hydrogens is 341 g/mol. The first-order valence-corrected chi connectivity index (χ1v) is 8.59. The van der Waals surface area contributed by atoms with Gasteiger partial charge in [-0.1, -0.05) is 42.0 Å². The molecular formula is C20H21F3N2O. The van der Waals surface area contributed by atoms with Gasteiger partial charge in [0.05, 0.1) is 11.6 Å². The molecule has 1 heterocycles. The molecule has 3 rings (SSSR count). The molecule has 0 unspecified atom stereocenters. The van der Waals surface area contributed by atoms with Crippen molar-refractivity contribution in [2.45, 2.75) is 44.6 Å². The van der Waals surface area contributed by atoms with Crippen molar-refractivity contribution in [2.75, 3.05) is 0 Å². The fourth-order valence-corrected chi connectivity index (χ4v) is 3.34. The zero-order chi connectivity index (χ0) is 18.7. The summed E-state index contributed by atoms with van der Waals surface area (Å²) in [7, 11) is 0. The number of amides is 1. The topological polar surface area (TPSA) is 41.1 Å². The Labute approximate surface area is 150 Å². The van der Waals surface area contributed by atoms with E-state index in [1.54, 1.807) is 13.0 Å². The second-order valence-electron chi connectivity index (χ2n) is 6.68. The van der Waals surface area contributed by atoms with E-state index in [0.29, 0.717) is 17.5 Å². The molecule has 2 aromatic rings. The van der Waals surface area contributed by atoms with Crippen LogP contribution in [0.15, 0.2) is 48.5 Å². The van der Waals surface area contributed by atoms with E-state index in [0.717, 1.165) is 24.1 Å². The number of hydrogen-bond acceptors (Lipinski definition) is 2. The van der Waals surface area contributed by atoms with Gasteiger partial charge < -0.3 is 5.32 Å². The fraction of sp³-hybridized carbons (Fsp3) is 0.350. The van der Waals surface area contributed by atoms with Gasteiger partial charge in [0.25, 0.3) is 0 Å². The number of carbonyl (C=O) groups excluding carboxylic acids is 1. The fourth-order valence-electron chi connectivity index (χ4n) is 3.34. The molecule has 1 aliphatic rings. The lowest BCUT2D eigenvalue weighted by molar-refractivity contribution is -0.137. The van der Waals surface area contributed by atoms with Gasteiger partial charge in [-0.15, -0.1) is 0 Å². The molecule has 138 valence electrons. The largest absolute Gasteiger partial charge is 0.416 e. The van der Waals surface area contributed by atoms with Crippen molar-refractivity contribution in [1.82, 2.24) is 10.6 Å². The standard InChI is InChI=1S/C20H21F3N2O/c1-13-9-14(11-16(10-13)20(21,22)23)12-24-19(26)18-8-7-17(25-18)15-5-3-2-4-6-15/h2-6,9-11,17-18,25H,7-8,12H2,1H3,(H,24,26)/t17-,18+/m0/s1. The number of alkyl halides is 3. The number of rotatable bonds is 4. The normalized spacial score (nSPS) is 20.2. The van der Waals surface area contributed by atoms with Crippen molar-refractivity contribution in [3.8, 4) is 0 Å². The van der Waals surface area contributed by atoms with Gasteiger partial charge in [0.15, 0.2) is 0 Å². The second kappa shape index (κ2) is 7.50. The molecule has 0 bridgehead atoms. The van der Waals surface area contributed by atoms with Crippen LogP contribution in [0.4, 0.5) is 13.2 Å². The molecule has 1 amide bonds. The van der Waals surface area contributed by atoms with Crippen LogP contribution in [0, 0.1) is 6.92 Å². The van der Waals surface area contributed by atoms with Gasteiger partial charge in [-0.2, -0.15) is 13.2 Å². The number of benzene rings is 2. The summed E-state index contributed by atoms with van der Waals surface area (Å²) < 4.78 is 38.7. The van der Waals surface area contributed by atoms with E-state index in [1.807, 2.05) is 30.3 Å². The van der Waals surface area contributed by atoms with Crippen LogP contribution in [0.2, 0.25) is 0 Å². The second-order valence-corrected chi connectivity index (χ2v) is 6.68. The van der Waals surface area contributed by atoms with Gasteiger partial charge in [-0.05, 0) is 43.0 Å². The summed E-state index contributed by atoms with van der Waals surface area (Å²) in [6.07, 6.45) is -2.83. The lowest BCUT2D eigenvalue weighted by atomic mass is 10.1. The molecule has 1 saturated heterocycles. The van der Waals surface area contributed by atoms with Gasteiger partial charge in [0.2, 0.25) is 5.91 Å². The van der Waals surface area contributed by atoms with Gasteiger partial charge in [-0.25, -0.2) is 0 Å². The maximum Gasteiger partial charge on any atom is 0.416 e. The average Bonchev–Trinajstić information content (AvgIpc) is 3.09. The monoisotopic (exact) mass is 362 g/mol. The van der Waals surface area contributed by atoms with Crippen LogP contribution in [0.1, 0.15) is 41.1 Å². The number of nitrogens with one attached hydrogen (secondary N) is 2. The minimum absolute atomic E-state index is 0.0811. The summed E-state index contributed by atoms with van der Waals surface area (Å²) in [6.45, 7) is 1.70. The Morgan fingerprint density at radius 1 is 1.15 bits per heavy atom. The first-order chi connectivity index (χ1) is 12.3. The maximum atomic E-state index is 12.9. The van der Waals surface area contributed by atoms with Crippen LogP contribution < -0.4 is 10.6 Å². The van der Waals surface area contributed by atoms with Gasteiger partial charge in [0.1, 0.15) is 0 Å². The first kappa shape index (κ1) is 18.5. The van der Waals surface area contributed by atoms with Crippen LogP contribution in [0.3, 0.4) is 0 Å². The minimum Gasteiger partial charge on any atom is -0.351 e. The quantitative estimate of drug-likeness (QED) is 0.859. The van der Waals surface area contributed by atoms with E-state index in [1.165, 1.54) is 0 Å². The van der Waals surface area contributed by atoms with Crippen molar-refractivity contribution in [2.24, 2.45) is 0 Å². The first-order valence-electron chi connectivity index (χ1n) is 8.59. The van der Waals surface area contributed by atoms with E-state index in [9.17, 15) is 18.0 Å². The zero-order valence-electron chi connectivity index (χ0n) is 14.4. The Hall–Kier alpha value is -2.34. The van der Waals surface area contributed by atoms with Crippen molar-refractivity contribution in [3.05, 3.63) is 70.8 Å². The minimum atomic E-state index is -4.39. The molecule has 2 atom stereocenters. The lowest BCUT2D eigenvalue weighted by Gasteiger charge is -2.15. The summed E-state index contributed by atoms with van der Waals surface area (Å²) in [5.74, 6) is -0.182. The molecule has 1 aliphatic heterocycles. The number of hydrogen-bond donors (Lipinski definition) is 2. The van der Waals surface area contributed by atoms with Crippen LogP contribution in [0.25, 0.3) is 0 Å². The van der Waals surface area contributed by atoms with Crippen molar-refractivity contribution in [1.29, 1.82) is 0 Å². The molecule has 3 nitrogen and oxygen atoms in total. The number of carbonyl (C=O) groups is 1. The van der Waals surface area contributed by atoms with Crippen LogP contribution in [-0.4, -0.2) is 11.9 Å². The maximum absolute atomic E-state index is 12.9. The van der Waals surface area contributed by atoms with Crippen LogP contribution >= 0.6 is 0 Å².